The molecule has 4 aromatic rings. The fourth-order valence-corrected chi connectivity index (χ4v) is 5.28. The fraction of sp³-hybridized carbons (Fsp3) is 0.360. The maximum atomic E-state index is 9.56. The van der Waals surface area contributed by atoms with E-state index in [4.69, 9.17) is 9.72 Å². The Hall–Kier alpha value is -3.74. The number of aromatic amines is 1. The van der Waals surface area contributed by atoms with E-state index in [1.165, 1.54) is 18.5 Å². The van der Waals surface area contributed by atoms with E-state index in [9.17, 15) is 10.4 Å². The molecule has 2 aliphatic rings. The number of aliphatic hydroxyl groups excluding tert-OH is 1. The summed E-state index contributed by atoms with van der Waals surface area (Å²) in [5.41, 5.74) is 6.42. The van der Waals surface area contributed by atoms with Gasteiger partial charge in [-0.2, -0.15) is 10.4 Å². The van der Waals surface area contributed by atoms with Crippen LogP contribution >= 0.6 is 0 Å². The number of nitrogens with one attached hydrogen (secondary N) is 1. The normalized spacial score (nSPS) is 16.8. The lowest BCUT2D eigenvalue weighted by atomic mass is 9.93. The quantitative estimate of drug-likeness (QED) is 0.475. The summed E-state index contributed by atoms with van der Waals surface area (Å²) in [5, 5.41) is 26.1. The summed E-state index contributed by atoms with van der Waals surface area (Å²) in [6, 6.07) is 12.4. The lowest BCUT2D eigenvalue weighted by Crippen LogP contribution is -2.59. The zero-order chi connectivity index (χ0) is 23.3. The number of pyridine rings is 1. The van der Waals surface area contributed by atoms with Crippen LogP contribution in [0.25, 0.3) is 28.1 Å². The first-order chi connectivity index (χ1) is 16.6. The maximum Gasteiger partial charge on any atom is 0.171 e. The van der Waals surface area contributed by atoms with Crippen molar-refractivity contribution in [3.05, 3.63) is 53.6 Å². The summed E-state index contributed by atoms with van der Waals surface area (Å²) in [6.07, 6.45) is 4.57. The zero-order valence-electron chi connectivity index (χ0n) is 19.0. The lowest BCUT2D eigenvalue weighted by Gasteiger charge is -2.46. The van der Waals surface area contributed by atoms with Crippen molar-refractivity contribution in [3.8, 4) is 23.1 Å². The molecule has 0 aliphatic carbocycles. The Labute approximate surface area is 196 Å². The molecule has 0 bridgehead atoms. The van der Waals surface area contributed by atoms with Crippen LogP contribution in [-0.4, -0.2) is 61.7 Å². The van der Waals surface area contributed by atoms with Crippen LogP contribution in [0.4, 0.5) is 5.69 Å². The van der Waals surface area contributed by atoms with E-state index in [1.807, 2.05) is 23.6 Å². The van der Waals surface area contributed by atoms with Crippen molar-refractivity contribution in [1.82, 2.24) is 24.7 Å². The molecule has 5 heterocycles. The van der Waals surface area contributed by atoms with Gasteiger partial charge in [0.2, 0.25) is 0 Å². The first-order valence-electron chi connectivity index (χ1n) is 11.5. The average molecular weight is 456 g/mol. The van der Waals surface area contributed by atoms with Crippen molar-refractivity contribution in [2.75, 3.05) is 31.3 Å². The number of fused-ring (bicyclic) bond motifs is 1. The van der Waals surface area contributed by atoms with Gasteiger partial charge in [0.25, 0.3) is 0 Å². The molecule has 0 atom stereocenters. The van der Waals surface area contributed by atoms with Gasteiger partial charge in [-0.05, 0) is 56.0 Å². The molecule has 2 N–H and O–H groups in total. The van der Waals surface area contributed by atoms with E-state index in [1.54, 1.807) is 6.33 Å². The number of anilines is 1. The lowest BCUT2D eigenvalue weighted by molar-refractivity contribution is -0.0505. The molecular weight excluding hydrogens is 430 g/mol. The van der Waals surface area contributed by atoms with Gasteiger partial charge in [0.1, 0.15) is 18.2 Å². The largest absolute Gasteiger partial charge is 0.396 e. The Morgan fingerprint density at radius 1 is 1.26 bits per heavy atom. The monoisotopic (exact) mass is 455 g/mol. The highest BCUT2D eigenvalue weighted by molar-refractivity contribution is 5.82. The molecule has 34 heavy (non-hydrogen) atoms. The second-order valence-electron chi connectivity index (χ2n) is 9.09. The van der Waals surface area contributed by atoms with Crippen molar-refractivity contribution in [2.24, 2.45) is 0 Å². The summed E-state index contributed by atoms with van der Waals surface area (Å²) in [4.78, 5) is 12.1. The predicted molar refractivity (Wildman–Crippen MR) is 127 cm³/mol. The molecule has 0 amide bonds. The molecule has 172 valence electrons. The minimum atomic E-state index is -0.00731. The van der Waals surface area contributed by atoms with Crippen LogP contribution in [0.1, 0.15) is 29.8 Å². The van der Waals surface area contributed by atoms with Crippen LogP contribution in [-0.2, 0) is 11.2 Å². The first-order valence-corrected chi connectivity index (χ1v) is 11.5. The van der Waals surface area contributed by atoms with Gasteiger partial charge in [-0.3, -0.25) is 9.67 Å². The van der Waals surface area contributed by atoms with Gasteiger partial charge < -0.3 is 14.7 Å². The topological polar surface area (TPSA) is 116 Å². The molecule has 2 fully saturated rings. The van der Waals surface area contributed by atoms with E-state index in [2.05, 4.69) is 44.3 Å². The fourth-order valence-electron chi connectivity index (χ4n) is 5.28. The van der Waals surface area contributed by atoms with Gasteiger partial charge in [0.15, 0.2) is 5.69 Å². The van der Waals surface area contributed by atoms with Crippen molar-refractivity contribution < 1.29 is 9.84 Å². The molecule has 9 nitrogen and oxygen atoms in total. The standard InChI is InChI=1S/C25H25N7O2/c1-16-23(20(12-26)30-29-16)24-17(7-10-33)3-6-22(28-24)31-15-27-19-11-18(4-5-21(19)31)32-9-2-8-25(32)13-34-14-25/h3-6,11,15,33H,2,7-10,13-14H2,1H3,(H,29,30). The van der Waals surface area contributed by atoms with Gasteiger partial charge in [-0.25, -0.2) is 9.97 Å². The van der Waals surface area contributed by atoms with E-state index >= 15 is 0 Å². The van der Waals surface area contributed by atoms with Gasteiger partial charge in [0.05, 0.1) is 41.0 Å². The Morgan fingerprint density at radius 2 is 2.15 bits per heavy atom. The maximum absolute atomic E-state index is 9.56. The van der Waals surface area contributed by atoms with Gasteiger partial charge >= 0.3 is 0 Å². The van der Waals surface area contributed by atoms with Crippen molar-refractivity contribution >= 4 is 16.7 Å². The van der Waals surface area contributed by atoms with Crippen molar-refractivity contribution in [2.45, 2.75) is 31.7 Å². The molecule has 1 spiro atoms. The molecule has 0 radical (unpaired) electrons. The number of H-pyrrole nitrogens is 1. The third kappa shape index (κ3) is 3.10. The van der Waals surface area contributed by atoms with E-state index in [0.717, 1.165) is 42.0 Å². The molecule has 2 aliphatic heterocycles. The third-order valence-corrected chi connectivity index (χ3v) is 7.06. The number of hydrogen-bond donors (Lipinski definition) is 2. The van der Waals surface area contributed by atoms with Crippen LogP contribution in [0, 0.1) is 18.3 Å². The number of benzene rings is 1. The number of ether oxygens (including phenoxy) is 1. The van der Waals surface area contributed by atoms with E-state index in [0.29, 0.717) is 29.2 Å². The Bertz CT molecular complexity index is 1430. The summed E-state index contributed by atoms with van der Waals surface area (Å²) >= 11 is 0. The van der Waals surface area contributed by atoms with Crippen molar-refractivity contribution in [1.29, 1.82) is 5.26 Å². The number of aliphatic hydroxyl groups is 1. The Morgan fingerprint density at radius 3 is 2.91 bits per heavy atom. The van der Waals surface area contributed by atoms with Crippen LogP contribution in [0.5, 0.6) is 0 Å². The Kier molecular flexibility index (Phi) is 4.86. The number of rotatable bonds is 5. The van der Waals surface area contributed by atoms with Crippen LogP contribution < -0.4 is 4.90 Å². The highest BCUT2D eigenvalue weighted by Crippen LogP contribution is 2.40. The molecule has 9 heteroatoms. The number of aromatic nitrogens is 5. The summed E-state index contributed by atoms with van der Waals surface area (Å²) < 4.78 is 7.50. The summed E-state index contributed by atoms with van der Waals surface area (Å²) in [7, 11) is 0. The van der Waals surface area contributed by atoms with E-state index in [-0.39, 0.29) is 12.1 Å². The predicted octanol–water partition coefficient (Wildman–Crippen LogP) is 2.89. The number of nitriles is 1. The molecule has 0 unspecified atom stereocenters. The first kappa shape index (κ1) is 20.8. The van der Waals surface area contributed by atoms with E-state index < -0.39 is 0 Å². The minimum Gasteiger partial charge on any atom is -0.396 e. The van der Waals surface area contributed by atoms with Crippen LogP contribution in [0.2, 0.25) is 0 Å². The number of imidazole rings is 1. The zero-order valence-corrected chi connectivity index (χ0v) is 19.0. The third-order valence-electron chi connectivity index (χ3n) is 7.06. The van der Waals surface area contributed by atoms with Crippen LogP contribution in [0.3, 0.4) is 0 Å². The minimum absolute atomic E-state index is 0.00731. The number of aryl methyl sites for hydroxylation is 1. The highest BCUT2D eigenvalue weighted by atomic mass is 16.5. The highest BCUT2D eigenvalue weighted by Gasteiger charge is 2.47. The summed E-state index contributed by atoms with van der Waals surface area (Å²) in [6.45, 7) is 4.49. The SMILES string of the molecule is Cc1[nH]nc(C#N)c1-c1nc(-n2cnc3cc(N4CCCC45COC5)ccc32)ccc1CCO. The van der Waals surface area contributed by atoms with Crippen molar-refractivity contribution in [3.63, 3.8) is 0 Å². The van der Waals surface area contributed by atoms with Gasteiger partial charge in [0, 0.05) is 24.5 Å². The van der Waals surface area contributed by atoms with Gasteiger partial charge in [-0.1, -0.05) is 6.07 Å². The Balaban J connectivity index is 1.42. The second kappa shape index (κ2) is 7.94. The average Bonchev–Trinajstić information content (AvgIpc) is 3.55. The second-order valence-corrected chi connectivity index (χ2v) is 9.09. The molecule has 6 rings (SSSR count). The summed E-state index contributed by atoms with van der Waals surface area (Å²) in [5.74, 6) is 0.696. The molecule has 1 aromatic carbocycles. The smallest absolute Gasteiger partial charge is 0.171 e. The van der Waals surface area contributed by atoms with Crippen LogP contribution in [0.15, 0.2) is 36.7 Å². The molecule has 0 saturated carbocycles. The molecule has 2 saturated heterocycles. The van der Waals surface area contributed by atoms with Gasteiger partial charge in [-0.15, -0.1) is 0 Å². The number of hydrogen-bond acceptors (Lipinski definition) is 7. The molecular formula is C25H25N7O2. The number of nitrogens with zero attached hydrogens (tertiary/aromatic N) is 6. The molecule has 3 aromatic heterocycles.